The highest BCUT2D eigenvalue weighted by Crippen LogP contribution is 2.09. The molecule has 0 bridgehead atoms. The van der Waals surface area contributed by atoms with Gasteiger partial charge in [0.15, 0.2) is 0 Å². The van der Waals surface area contributed by atoms with Gasteiger partial charge >= 0.3 is 0 Å². The van der Waals surface area contributed by atoms with Gasteiger partial charge in [-0.15, -0.1) is 0 Å². The first-order valence-corrected chi connectivity index (χ1v) is 6.62. The molecule has 0 saturated heterocycles. The van der Waals surface area contributed by atoms with Crippen LogP contribution in [0, 0.1) is 5.92 Å². The standard InChI is InChI=1S/C14H25N3/c1-3-7-13(10-15)11-17(4-2)12-14-8-5-6-9-16-14/h5-6,8-9,13H,3-4,7,10-12,15H2,1-2H3. The molecule has 1 atom stereocenters. The van der Waals surface area contributed by atoms with Gasteiger partial charge in [0.25, 0.3) is 0 Å². The second-order valence-electron chi connectivity index (χ2n) is 4.54. The lowest BCUT2D eigenvalue weighted by atomic mass is 10.0. The van der Waals surface area contributed by atoms with Gasteiger partial charge in [-0.1, -0.05) is 26.3 Å². The predicted octanol–water partition coefficient (Wildman–Crippen LogP) is 2.28. The zero-order valence-corrected chi connectivity index (χ0v) is 11.1. The molecule has 3 nitrogen and oxygen atoms in total. The molecule has 3 heteroatoms. The number of hydrogen-bond acceptors (Lipinski definition) is 3. The van der Waals surface area contributed by atoms with Crippen LogP contribution in [0.2, 0.25) is 0 Å². The Bertz CT molecular complexity index is 287. The Labute approximate surface area is 105 Å². The van der Waals surface area contributed by atoms with Gasteiger partial charge in [0.2, 0.25) is 0 Å². The maximum absolute atomic E-state index is 5.81. The van der Waals surface area contributed by atoms with E-state index in [0.717, 1.165) is 31.9 Å². The smallest absolute Gasteiger partial charge is 0.0543 e. The zero-order chi connectivity index (χ0) is 12.5. The highest BCUT2D eigenvalue weighted by molar-refractivity contribution is 5.03. The number of pyridine rings is 1. The minimum absolute atomic E-state index is 0.615. The van der Waals surface area contributed by atoms with Crippen molar-refractivity contribution in [3.05, 3.63) is 30.1 Å². The van der Waals surface area contributed by atoms with Crippen LogP contribution in [0.4, 0.5) is 0 Å². The Morgan fingerprint density at radius 2 is 2.18 bits per heavy atom. The summed E-state index contributed by atoms with van der Waals surface area (Å²) in [4.78, 5) is 6.80. The molecule has 0 spiro atoms. The van der Waals surface area contributed by atoms with E-state index in [-0.39, 0.29) is 0 Å². The first-order valence-electron chi connectivity index (χ1n) is 6.62. The molecule has 0 aliphatic heterocycles. The van der Waals surface area contributed by atoms with E-state index in [1.54, 1.807) is 0 Å². The number of nitrogens with zero attached hydrogens (tertiary/aromatic N) is 2. The van der Waals surface area contributed by atoms with Crippen molar-refractivity contribution in [1.82, 2.24) is 9.88 Å². The summed E-state index contributed by atoms with van der Waals surface area (Å²) >= 11 is 0. The fraction of sp³-hybridized carbons (Fsp3) is 0.643. The monoisotopic (exact) mass is 235 g/mol. The van der Waals surface area contributed by atoms with Gasteiger partial charge in [-0.3, -0.25) is 9.88 Å². The van der Waals surface area contributed by atoms with E-state index in [9.17, 15) is 0 Å². The fourth-order valence-electron chi connectivity index (χ4n) is 2.08. The third-order valence-corrected chi connectivity index (χ3v) is 3.11. The molecule has 1 aromatic heterocycles. The molecule has 0 saturated carbocycles. The Kier molecular flexibility index (Phi) is 6.82. The topological polar surface area (TPSA) is 42.1 Å². The minimum Gasteiger partial charge on any atom is -0.330 e. The van der Waals surface area contributed by atoms with Gasteiger partial charge in [-0.25, -0.2) is 0 Å². The summed E-state index contributed by atoms with van der Waals surface area (Å²) in [5.41, 5.74) is 6.95. The van der Waals surface area contributed by atoms with Crippen LogP contribution in [0.1, 0.15) is 32.4 Å². The molecule has 96 valence electrons. The summed E-state index contributed by atoms with van der Waals surface area (Å²) in [5.74, 6) is 0.615. The van der Waals surface area contributed by atoms with Crippen LogP contribution in [0.25, 0.3) is 0 Å². The zero-order valence-electron chi connectivity index (χ0n) is 11.1. The first-order chi connectivity index (χ1) is 8.30. The number of hydrogen-bond donors (Lipinski definition) is 1. The van der Waals surface area contributed by atoms with Crippen LogP contribution >= 0.6 is 0 Å². The number of nitrogens with two attached hydrogens (primary N) is 1. The van der Waals surface area contributed by atoms with E-state index in [1.807, 2.05) is 18.3 Å². The van der Waals surface area contributed by atoms with Crippen molar-refractivity contribution in [2.24, 2.45) is 11.7 Å². The van der Waals surface area contributed by atoms with Crippen LogP contribution < -0.4 is 5.73 Å². The van der Waals surface area contributed by atoms with Crippen molar-refractivity contribution < 1.29 is 0 Å². The van der Waals surface area contributed by atoms with Gasteiger partial charge < -0.3 is 5.73 Å². The van der Waals surface area contributed by atoms with Crippen molar-refractivity contribution in [2.45, 2.75) is 33.2 Å². The highest BCUT2D eigenvalue weighted by atomic mass is 15.1. The van der Waals surface area contributed by atoms with Crippen LogP contribution in [0.3, 0.4) is 0 Å². The van der Waals surface area contributed by atoms with E-state index in [1.165, 1.54) is 12.8 Å². The molecule has 1 aromatic rings. The summed E-state index contributed by atoms with van der Waals surface area (Å²) in [6.45, 7) is 8.26. The maximum atomic E-state index is 5.81. The average molecular weight is 235 g/mol. The van der Waals surface area contributed by atoms with E-state index < -0.39 is 0 Å². The van der Waals surface area contributed by atoms with Crippen molar-refractivity contribution in [3.8, 4) is 0 Å². The molecule has 17 heavy (non-hydrogen) atoms. The summed E-state index contributed by atoms with van der Waals surface area (Å²) in [6.07, 6.45) is 4.29. The predicted molar refractivity (Wildman–Crippen MR) is 72.6 cm³/mol. The summed E-state index contributed by atoms with van der Waals surface area (Å²) in [6, 6.07) is 6.09. The van der Waals surface area contributed by atoms with Crippen molar-refractivity contribution in [1.29, 1.82) is 0 Å². The van der Waals surface area contributed by atoms with Gasteiger partial charge in [0.1, 0.15) is 0 Å². The largest absolute Gasteiger partial charge is 0.330 e. The Morgan fingerprint density at radius 1 is 1.35 bits per heavy atom. The quantitative estimate of drug-likeness (QED) is 0.751. The second kappa shape index (κ2) is 8.20. The molecular weight excluding hydrogens is 210 g/mol. The maximum Gasteiger partial charge on any atom is 0.0543 e. The average Bonchev–Trinajstić information content (AvgIpc) is 2.38. The first kappa shape index (κ1) is 14.1. The van der Waals surface area contributed by atoms with E-state index in [0.29, 0.717) is 5.92 Å². The SMILES string of the molecule is CCCC(CN)CN(CC)Cc1ccccn1. The van der Waals surface area contributed by atoms with Crippen LogP contribution in [-0.2, 0) is 6.54 Å². The van der Waals surface area contributed by atoms with Gasteiger partial charge in [0.05, 0.1) is 5.69 Å². The Balaban J connectivity index is 2.48. The molecule has 0 aliphatic rings. The summed E-state index contributed by atoms with van der Waals surface area (Å²) < 4.78 is 0. The van der Waals surface area contributed by atoms with E-state index in [2.05, 4.69) is 29.8 Å². The highest BCUT2D eigenvalue weighted by Gasteiger charge is 2.11. The van der Waals surface area contributed by atoms with Crippen molar-refractivity contribution in [2.75, 3.05) is 19.6 Å². The molecular formula is C14H25N3. The van der Waals surface area contributed by atoms with Crippen molar-refractivity contribution >= 4 is 0 Å². The third kappa shape index (κ3) is 5.29. The van der Waals surface area contributed by atoms with Gasteiger partial charge in [0, 0.05) is 19.3 Å². The molecule has 0 aliphatic carbocycles. The molecule has 0 fully saturated rings. The fourth-order valence-corrected chi connectivity index (χ4v) is 2.08. The Morgan fingerprint density at radius 3 is 2.71 bits per heavy atom. The minimum atomic E-state index is 0.615. The van der Waals surface area contributed by atoms with Gasteiger partial charge in [-0.05, 0) is 37.6 Å². The second-order valence-corrected chi connectivity index (χ2v) is 4.54. The summed E-state index contributed by atoms with van der Waals surface area (Å²) in [7, 11) is 0. The number of aromatic nitrogens is 1. The molecule has 0 amide bonds. The van der Waals surface area contributed by atoms with E-state index in [4.69, 9.17) is 5.73 Å². The van der Waals surface area contributed by atoms with Crippen LogP contribution in [0.15, 0.2) is 24.4 Å². The number of rotatable bonds is 8. The molecule has 2 N–H and O–H groups in total. The normalized spacial score (nSPS) is 12.9. The Hall–Kier alpha value is -0.930. The van der Waals surface area contributed by atoms with Crippen LogP contribution in [-0.4, -0.2) is 29.5 Å². The van der Waals surface area contributed by atoms with Crippen LogP contribution in [0.5, 0.6) is 0 Å². The van der Waals surface area contributed by atoms with Crippen molar-refractivity contribution in [3.63, 3.8) is 0 Å². The molecule has 1 rings (SSSR count). The molecule has 1 unspecified atom stereocenters. The lowest BCUT2D eigenvalue weighted by molar-refractivity contribution is 0.226. The molecule has 0 aromatic carbocycles. The van der Waals surface area contributed by atoms with Gasteiger partial charge in [-0.2, -0.15) is 0 Å². The van der Waals surface area contributed by atoms with E-state index >= 15 is 0 Å². The lowest BCUT2D eigenvalue weighted by Crippen LogP contribution is -2.32. The third-order valence-electron chi connectivity index (χ3n) is 3.11. The summed E-state index contributed by atoms with van der Waals surface area (Å²) in [5, 5.41) is 0. The molecule has 0 radical (unpaired) electrons. The lowest BCUT2D eigenvalue weighted by Gasteiger charge is -2.25. The molecule has 1 heterocycles.